The molecule has 0 bridgehead atoms. The number of rotatable bonds is 2. The van der Waals surface area contributed by atoms with Crippen LogP contribution in [0, 0.1) is 6.92 Å². The van der Waals surface area contributed by atoms with Crippen molar-refractivity contribution in [2.75, 3.05) is 12.5 Å². The third-order valence-electron chi connectivity index (χ3n) is 1.63. The Morgan fingerprint density at radius 2 is 2.17 bits per heavy atom. The summed E-state index contributed by atoms with van der Waals surface area (Å²) in [5.41, 5.74) is 4.46. The summed E-state index contributed by atoms with van der Waals surface area (Å²) in [5.74, 6) is 6.07. The highest BCUT2D eigenvalue weighted by molar-refractivity contribution is 9.10. The molecule has 0 aliphatic carbocycles. The molecular weight excluding hydrogens is 220 g/mol. The number of methoxy groups -OCH3 is 1. The molecular formula is C8H11BrN2O. The molecule has 4 heteroatoms. The molecule has 66 valence electrons. The highest BCUT2D eigenvalue weighted by Gasteiger charge is 2.05. The van der Waals surface area contributed by atoms with Gasteiger partial charge in [-0.05, 0) is 24.6 Å². The second-order valence-electron chi connectivity index (χ2n) is 2.44. The van der Waals surface area contributed by atoms with Crippen molar-refractivity contribution in [3.63, 3.8) is 0 Å². The van der Waals surface area contributed by atoms with Gasteiger partial charge >= 0.3 is 0 Å². The van der Waals surface area contributed by atoms with Crippen molar-refractivity contribution in [2.45, 2.75) is 6.92 Å². The number of ether oxygens (including phenoxy) is 1. The number of nitrogens with two attached hydrogens (primary N) is 1. The van der Waals surface area contributed by atoms with E-state index in [0.717, 1.165) is 21.5 Å². The maximum atomic E-state index is 5.33. The van der Waals surface area contributed by atoms with Crippen molar-refractivity contribution in [3.8, 4) is 5.75 Å². The monoisotopic (exact) mass is 230 g/mol. The number of nitrogens with one attached hydrogen (secondary N) is 1. The molecule has 0 aliphatic heterocycles. The van der Waals surface area contributed by atoms with E-state index in [0.29, 0.717) is 0 Å². The Labute approximate surface area is 80.0 Å². The van der Waals surface area contributed by atoms with Crippen LogP contribution < -0.4 is 16.0 Å². The van der Waals surface area contributed by atoms with E-state index in [2.05, 4.69) is 21.4 Å². The van der Waals surface area contributed by atoms with Gasteiger partial charge in [-0.3, -0.25) is 5.84 Å². The fourth-order valence-corrected chi connectivity index (χ4v) is 1.61. The molecule has 0 spiro atoms. The zero-order valence-electron chi connectivity index (χ0n) is 7.02. The molecule has 0 radical (unpaired) electrons. The van der Waals surface area contributed by atoms with Crippen LogP contribution in [0.15, 0.2) is 16.6 Å². The molecule has 0 heterocycles. The Morgan fingerprint density at radius 1 is 1.50 bits per heavy atom. The van der Waals surface area contributed by atoms with E-state index in [1.807, 2.05) is 19.1 Å². The predicted octanol–water partition coefficient (Wildman–Crippen LogP) is 2.05. The lowest BCUT2D eigenvalue weighted by atomic mass is 10.2. The quantitative estimate of drug-likeness (QED) is 0.604. The second kappa shape index (κ2) is 3.78. The zero-order chi connectivity index (χ0) is 9.14. The molecule has 0 atom stereocenters. The number of hydrogen-bond acceptors (Lipinski definition) is 3. The minimum atomic E-state index is 0.740. The first-order valence-electron chi connectivity index (χ1n) is 3.49. The van der Waals surface area contributed by atoms with Crippen LogP contribution in [0.4, 0.5) is 5.69 Å². The average molecular weight is 231 g/mol. The normalized spacial score (nSPS) is 9.67. The Morgan fingerprint density at radius 3 is 2.67 bits per heavy atom. The SMILES string of the molecule is COc1cc(Br)cc(C)c1NN. The van der Waals surface area contributed by atoms with Crippen molar-refractivity contribution >= 4 is 21.6 Å². The van der Waals surface area contributed by atoms with Gasteiger partial charge in [0, 0.05) is 4.47 Å². The molecule has 1 rings (SSSR count). The average Bonchev–Trinajstić information content (AvgIpc) is 2.03. The van der Waals surface area contributed by atoms with E-state index >= 15 is 0 Å². The number of hydrogen-bond donors (Lipinski definition) is 2. The number of aryl methyl sites for hydroxylation is 1. The van der Waals surface area contributed by atoms with E-state index in [1.54, 1.807) is 7.11 Å². The van der Waals surface area contributed by atoms with Crippen LogP contribution in [0.5, 0.6) is 5.75 Å². The molecule has 3 nitrogen and oxygen atoms in total. The molecule has 0 saturated heterocycles. The van der Waals surface area contributed by atoms with Gasteiger partial charge in [-0.2, -0.15) is 0 Å². The van der Waals surface area contributed by atoms with Gasteiger partial charge in [0.2, 0.25) is 0 Å². The third-order valence-corrected chi connectivity index (χ3v) is 2.09. The van der Waals surface area contributed by atoms with E-state index < -0.39 is 0 Å². The summed E-state index contributed by atoms with van der Waals surface area (Å²) in [7, 11) is 1.61. The fraction of sp³-hybridized carbons (Fsp3) is 0.250. The van der Waals surface area contributed by atoms with Crippen LogP contribution in [-0.4, -0.2) is 7.11 Å². The Kier molecular flexibility index (Phi) is 2.94. The van der Waals surface area contributed by atoms with Gasteiger partial charge in [-0.1, -0.05) is 15.9 Å². The number of benzene rings is 1. The number of anilines is 1. The molecule has 0 fully saturated rings. The largest absolute Gasteiger partial charge is 0.494 e. The molecule has 0 amide bonds. The Bertz CT molecular complexity index is 289. The number of halogens is 1. The Balaban J connectivity index is 3.24. The summed E-state index contributed by atoms with van der Waals surface area (Å²) < 4.78 is 6.11. The summed E-state index contributed by atoms with van der Waals surface area (Å²) in [6.07, 6.45) is 0. The minimum absolute atomic E-state index is 0.740. The van der Waals surface area contributed by atoms with Crippen LogP contribution in [0.2, 0.25) is 0 Å². The van der Waals surface area contributed by atoms with Crippen molar-refractivity contribution in [3.05, 3.63) is 22.2 Å². The topological polar surface area (TPSA) is 47.3 Å². The molecule has 0 unspecified atom stereocenters. The lowest BCUT2D eigenvalue weighted by molar-refractivity contribution is 0.416. The van der Waals surface area contributed by atoms with Gasteiger partial charge in [0.1, 0.15) is 5.75 Å². The van der Waals surface area contributed by atoms with Gasteiger partial charge < -0.3 is 10.2 Å². The number of hydrazine groups is 1. The van der Waals surface area contributed by atoms with Crippen molar-refractivity contribution < 1.29 is 4.74 Å². The van der Waals surface area contributed by atoms with Crippen LogP contribution >= 0.6 is 15.9 Å². The standard InChI is InChI=1S/C8H11BrN2O/c1-5-3-6(9)4-7(12-2)8(5)11-10/h3-4,11H,10H2,1-2H3. The smallest absolute Gasteiger partial charge is 0.144 e. The fourth-order valence-electron chi connectivity index (χ4n) is 1.06. The highest BCUT2D eigenvalue weighted by Crippen LogP contribution is 2.30. The molecule has 3 N–H and O–H groups in total. The zero-order valence-corrected chi connectivity index (χ0v) is 8.60. The summed E-state index contributed by atoms with van der Waals surface area (Å²) in [6.45, 7) is 1.96. The van der Waals surface area contributed by atoms with Crippen molar-refractivity contribution in [2.24, 2.45) is 5.84 Å². The van der Waals surface area contributed by atoms with Crippen LogP contribution in [0.3, 0.4) is 0 Å². The lowest BCUT2D eigenvalue weighted by Gasteiger charge is -2.10. The van der Waals surface area contributed by atoms with Gasteiger partial charge in [-0.15, -0.1) is 0 Å². The van der Waals surface area contributed by atoms with E-state index in [4.69, 9.17) is 10.6 Å². The first kappa shape index (κ1) is 9.35. The van der Waals surface area contributed by atoms with Crippen LogP contribution in [0.25, 0.3) is 0 Å². The highest BCUT2D eigenvalue weighted by atomic mass is 79.9. The van der Waals surface area contributed by atoms with Gasteiger partial charge in [0.15, 0.2) is 0 Å². The first-order valence-corrected chi connectivity index (χ1v) is 4.29. The Hall–Kier alpha value is -0.740. The molecule has 0 aliphatic rings. The van der Waals surface area contributed by atoms with E-state index in [1.165, 1.54) is 0 Å². The third kappa shape index (κ3) is 1.70. The summed E-state index contributed by atoms with van der Waals surface area (Å²) >= 11 is 3.37. The number of nitrogen functional groups attached to an aromatic ring is 1. The lowest BCUT2D eigenvalue weighted by Crippen LogP contribution is -2.09. The van der Waals surface area contributed by atoms with E-state index in [9.17, 15) is 0 Å². The van der Waals surface area contributed by atoms with E-state index in [-0.39, 0.29) is 0 Å². The molecule has 0 aromatic heterocycles. The minimum Gasteiger partial charge on any atom is -0.494 e. The van der Waals surface area contributed by atoms with Gasteiger partial charge in [0.25, 0.3) is 0 Å². The molecule has 1 aromatic rings. The van der Waals surface area contributed by atoms with Crippen LogP contribution in [-0.2, 0) is 0 Å². The first-order chi connectivity index (χ1) is 5.69. The van der Waals surface area contributed by atoms with Gasteiger partial charge in [0.05, 0.1) is 12.8 Å². The maximum absolute atomic E-state index is 5.33. The molecule has 0 saturated carbocycles. The summed E-state index contributed by atoms with van der Waals surface area (Å²) in [5, 5.41) is 0. The second-order valence-corrected chi connectivity index (χ2v) is 3.36. The van der Waals surface area contributed by atoms with Crippen molar-refractivity contribution in [1.82, 2.24) is 0 Å². The molecule has 12 heavy (non-hydrogen) atoms. The van der Waals surface area contributed by atoms with Crippen LogP contribution in [0.1, 0.15) is 5.56 Å². The summed E-state index contributed by atoms with van der Waals surface area (Å²) in [4.78, 5) is 0. The van der Waals surface area contributed by atoms with Crippen molar-refractivity contribution in [1.29, 1.82) is 0 Å². The predicted molar refractivity (Wildman–Crippen MR) is 53.2 cm³/mol. The molecule has 1 aromatic carbocycles. The van der Waals surface area contributed by atoms with Gasteiger partial charge in [-0.25, -0.2) is 0 Å². The maximum Gasteiger partial charge on any atom is 0.144 e. The summed E-state index contributed by atoms with van der Waals surface area (Å²) in [6, 6.07) is 3.83.